The minimum absolute atomic E-state index is 0.0462. The molecule has 3 aromatic rings. The molecule has 136 valence electrons. The number of hydrogen-bond acceptors (Lipinski definition) is 5. The molecule has 2 N–H and O–H groups in total. The molecule has 0 unspecified atom stereocenters. The number of nitrogens with zero attached hydrogens (tertiary/aromatic N) is 1. The van der Waals surface area contributed by atoms with Crippen LogP contribution < -0.4 is 10.6 Å². The fraction of sp³-hybridized carbons (Fsp3) is 0.0526. The van der Waals surface area contributed by atoms with E-state index in [0.29, 0.717) is 11.3 Å². The van der Waals surface area contributed by atoms with Crippen LogP contribution in [0.4, 0.5) is 11.4 Å². The molecular formula is C19H15N3O4S. The number of carbonyl (C=O) groups is 1. The second kappa shape index (κ2) is 7.79. The first kappa shape index (κ1) is 18.3. The maximum Gasteiger partial charge on any atom is 0.293 e. The van der Waals surface area contributed by atoms with Gasteiger partial charge < -0.3 is 9.73 Å². The van der Waals surface area contributed by atoms with E-state index in [1.54, 1.807) is 18.2 Å². The predicted molar refractivity (Wildman–Crippen MR) is 106 cm³/mol. The Morgan fingerprint density at radius 3 is 2.63 bits per heavy atom. The van der Waals surface area contributed by atoms with E-state index in [9.17, 15) is 14.9 Å². The highest BCUT2D eigenvalue weighted by Gasteiger charge is 2.15. The largest absolute Gasteiger partial charge is 0.451 e. The molecule has 1 amide bonds. The summed E-state index contributed by atoms with van der Waals surface area (Å²) < 4.78 is 5.51. The Morgan fingerprint density at radius 1 is 1.11 bits per heavy atom. The fourth-order valence-corrected chi connectivity index (χ4v) is 2.65. The van der Waals surface area contributed by atoms with Crippen LogP contribution in [0, 0.1) is 17.0 Å². The van der Waals surface area contributed by atoms with Gasteiger partial charge in [-0.3, -0.25) is 20.2 Å². The molecule has 0 spiro atoms. The standard InChI is InChI=1S/C19H15N3O4S/c1-12-4-2-6-14(10-12)20-19(27)21-18(23)17-9-8-16(26-17)13-5-3-7-15(11-13)22(24)25/h2-11H,1H3,(H2,20,21,23,27). The number of nitro benzene ring substituents is 1. The third-order valence-electron chi connectivity index (χ3n) is 3.67. The molecule has 0 fully saturated rings. The Morgan fingerprint density at radius 2 is 1.89 bits per heavy atom. The number of nitro groups is 1. The molecule has 0 radical (unpaired) electrons. The average molecular weight is 381 g/mol. The number of rotatable bonds is 4. The molecular weight excluding hydrogens is 366 g/mol. The lowest BCUT2D eigenvalue weighted by molar-refractivity contribution is -0.384. The zero-order chi connectivity index (χ0) is 19.4. The van der Waals surface area contributed by atoms with Gasteiger partial charge in [0.05, 0.1) is 4.92 Å². The van der Waals surface area contributed by atoms with Gasteiger partial charge in [0.2, 0.25) is 0 Å². The minimum atomic E-state index is -0.517. The summed E-state index contributed by atoms with van der Waals surface area (Å²) in [6, 6.07) is 16.6. The van der Waals surface area contributed by atoms with Crippen LogP contribution in [-0.2, 0) is 0 Å². The molecule has 8 heteroatoms. The smallest absolute Gasteiger partial charge is 0.293 e. The highest BCUT2D eigenvalue weighted by molar-refractivity contribution is 7.80. The number of amides is 1. The van der Waals surface area contributed by atoms with Crippen molar-refractivity contribution in [1.29, 1.82) is 0 Å². The van der Waals surface area contributed by atoms with Crippen LogP contribution in [-0.4, -0.2) is 15.9 Å². The molecule has 7 nitrogen and oxygen atoms in total. The summed E-state index contributed by atoms with van der Waals surface area (Å²) in [6.07, 6.45) is 0. The molecule has 0 aliphatic heterocycles. The zero-order valence-corrected chi connectivity index (χ0v) is 15.1. The maximum absolute atomic E-state index is 12.3. The third kappa shape index (κ3) is 4.56. The van der Waals surface area contributed by atoms with Crippen molar-refractivity contribution in [3.63, 3.8) is 0 Å². The van der Waals surface area contributed by atoms with Gasteiger partial charge in [0.15, 0.2) is 10.9 Å². The summed E-state index contributed by atoms with van der Waals surface area (Å²) in [5, 5.41) is 16.5. The molecule has 0 saturated carbocycles. The summed E-state index contributed by atoms with van der Waals surface area (Å²) >= 11 is 5.14. The average Bonchev–Trinajstić information content (AvgIpc) is 3.12. The summed E-state index contributed by atoms with van der Waals surface area (Å²) in [6.45, 7) is 1.95. The van der Waals surface area contributed by atoms with Gasteiger partial charge in [-0.25, -0.2) is 0 Å². The van der Waals surface area contributed by atoms with E-state index >= 15 is 0 Å². The van der Waals surface area contributed by atoms with Gasteiger partial charge in [-0.2, -0.15) is 0 Å². The Hall–Kier alpha value is -3.52. The minimum Gasteiger partial charge on any atom is -0.451 e. The quantitative estimate of drug-likeness (QED) is 0.397. The molecule has 1 heterocycles. The Labute approximate surface area is 160 Å². The first-order chi connectivity index (χ1) is 12.9. The highest BCUT2D eigenvalue weighted by atomic mass is 32.1. The molecule has 1 aromatic heterocycles. The summed E-state index contributed by atoms with van der Waals surface area (Å²) in [4.78, 5) is 22.7. The van der Waals surface area contributed by atoms with Gasteiger partial charge in [-0.05, 0) is 49.0 Å². The van der Waals surface area contributed by atoms with Gasteiger partial charge >= 0.3 is 0 Å². The molecule has 27 heavy (non-hydrogen) atoms. The van der Waals surface area contributed by atoms with Crippen molar-refractivity contribution in [1.82, 2.24) is 5.32 Å². The molecule has 0 aliphatic rings. The SMILES string of the molecule is Cc1cccc(NC(=S)NC(=O)c2ccc(-c3cccc([N+](=O)[O-])c3)o2)c1. The van der Waals surface area contributed by atoms with Crippen molar-refractivity contribution in [2.45, 2.75) is 6.92 Å². The van der Waals surface area contributed by atoms with Crippen molar-refractivity contribution in [2.75, 3.05) is 5.32 Å². The van der Waals surface area contributed by atoms with E-state index in [-0.39, 0.29) is 16.6 Å². The first-order valence-electron chi connectivity index (χ1n) is 7.96. The Balaban J connectivity index is 1.69. The predicted octanol–water partition coefficient (Wildman–Crippen LogP) is 4.29. The molecule has 0 bridgehead atoms. The summed E-state index contributed by atoms with van der Waals surface area (Å²) in [7, 11) is 0. The van der Waals surface area contributed by atoms with Gasteiger partial charge in [0, 0.05) is 23.4 Å². The lowest BCUT2D eigenvalue weighted by atomic mass is 10.1. The van der Waals surface area contributed by atoms with Crippen molar-refractivity contribution < 1.29 is 14.1 Å². The molecule has 0 saturated heterocycles. The van der Waals surface area contributed by atoms with Gasteiger partial charge in [0.25, 0.3) is 11.6 Å². The van der Waals surface area contributed by atoms with Gasteiger partial charge in [-0.15, -0.1) is 0 Å². The van der Waals surface area contributed by atoms with Crippen LogP contribution in [0.25, 0.3) is 11.3 Å². The summed E-state index contributed by atoms with van der Waals surface area (Å²) in [5.41, 5.74) is 2.26. The monoisotopic (exact) mass is 381 g/mol. The normalized spacial score (nSPS) is 10.3. The van der Waals surface area contributed by atoms with E-state index in [1.165, 1.54) is 18.2 Å². The summed E-state index contributed by atoms with van der Waals surface area (Å²) in [5.74, 6) is -0.122. The van der Waals surface area contributed by atoms with Crippen LogP contribution in [0.2, 0.25) is 0 Å². The van der Waals surface area contributed by atoms with Crippen LogP contribution in [0.3, 0.4) is 0 Å². The number of aryl methyl sites for hydroxylation is 1. The van der Waals surface area contributed by atoms with Crippen LogP contribution >= 0.6 is 12.2 Å². The van der Waals surface area contributed by atoms with E-state index in [0.717, 1.165) is 11.3 Å². The Bertz CT molecular complexity index is 1030. The number of hydrogen-bond donors (Lipinski definition) is 2. The third-order valence-corrected chi connectivity index (χ3v) is 3.88. The van der Waals surface area contributed by atoms with Crippen molar-refractivity contribution in [2.24, 2.45) is 0 Å². The van der Waals surface area contributed by atoms with Crippen molar-refractivity contribution >= 4 is 34.6 Å². The van der Waals surface area contributed by atoms with E-state index < -0.39 is 10.8 Å². The number of anilines is 1. The molecule has 0 aliphatic carbocycles. The van der Waals surface area contributed by atoms with Crippen LogP contribution in [0.5, 0.6) is 0 Å². The van der Waals surface area contributed by atoms with Crippen molar-refractivity contribution in [3.8, 4) is 11.3 Å². The van der Waals surface area contributed by atoms with E-state index in [2.05, 4.69) is 10.6 Å². The van der Waals surface area contributed by atoms with E-state index in [1.807, 2.05) is 31.2 Å². The fourth-order valence-electron chi connectivity index (χ4n) is 2.44. The second-order valence-corrected chi connectivity index (χ2v) is 6.16. The zero-order valence-electron chi connectivity index (χ0n) is 14.3. The second-order valence-electron chi connectivity index (χ2n) is 5.75. The van der Waals surface area contributed by atoms with Gasteiger partial charge in [-0.1, -0.05) is 24.3 Å². The number of furan rings is 1. The maximum atomic E-state index is 12.3. The van der Waals surface area contributed by atoms with Crippen LogP contribution in [0.15, 0.2) is 65.1 Å². The topological polar surface area (TPSA) is 97.4 Å². The number of non-ortho nitro benzene ring substituents is 1. The number of thiocarbonyl (C=S) groups is 1. The van der Waals surface area contributed by atoms with Gasteiger partial charge in [0.1, 0.15) is 5.76 Å². The number of benzene rings is 2. The molecule has 3 rings (SSSR count). The van der Waals surface area contributed by atoms with Crippen molar-refractivity contribution in [3.05, 3.63) is 82.1 Å². The first-order valence-corrected chi connectivity index (χ1v) is 8.37. The van der Waals surface area contributed by atoms with Crippen LogP contribution in [0.1, 0.15) is 16.1 Å². The molecule has 0 atom stereocenters. The number of carbonyl (C=O) groups excluding carboxylic acids is 1. The number of nitrogens with one attached hydrogen (secondary N) is 2. The lowest BCUT2D eigenvalue weighted by Gasteiger charge is -2.09. The molecule has 2 aromatic carbocycles. The Kier molecular flexibility index (Phi) is 5.28. The highest BCUT2D eigenvalue weighted by Crippen LogP contribution is 2.25. The lowest BCUT2D eigenvalue weighted by Crippen LogP contribution is -2.33. The van der Waals surface area contributed by atoms with E-state index in [4.69, 9.17) is 16.6 Å².